The third-order valence-electron chi connectivity index (χ3n) is 4.24. The van der Waals surface area contributed by atoms with Gasteiger partial charge in [0.2, 0.25) is 0 Å². The Balaban J connectivity index is 1.84. The van der Waals surface area contributed by atoms with Crippen molar-refractivity contribution in [3.63, 3.8) is 0 Å². The second-order valence-electron chi connectivity index (χ2n) is 7.19. The molecule has 0 atom stereocenters. The molecule has 0 saturated carbocycles. The van der Waals surface area contributed by atoms with Crippen LogP contribution in [0.3, 0.4) is 0 Å². The van der Waals surface area contributed by atoms with Gasteiger partial charge in [-0.25, -0.2) is 0 Å². The highest BCUT2D eigenvalue weighted by Gasteiger charge is 2.37. The number of rotatable bonds is 7. The van der Waals surface area contributed by atoms with Crippen LogP contribution in [0, 0.1) is 6.92 Å². The molecule has 2 aromatic rings. The average molecular weight is 476 g/mol. The molecular weight excluding hydrogens is 454 g/mol. The molecule has 1 fully saturated rings. The predicted octanol–water partition coefficient (Wildman–Crippen LogP) is 3.75. The maximum Gasteiger partial charge on any atom is 0.339 e. The van der Waals surface area contributed by atoms with Gasteiger partial charge in [-0.05, 0) is 56.8 Å². The quantitative estimate of drug-likeness (QED) is 0.339. The summed E-state index contributed by atoms with van der Waals surface area (Å²) in [6.07, 6.45) is 0.982. The van der Waals surface area contributed by atoms with Gasteiger partial charge >= 0.3 is 16.1 Å². The van der Waals surface area contributed by atoms with E-state index in [0.29, 0.717) is 17.3 Å². The highest BCUT2D eigenvalue weighted by molar-refractivity contribution is 8.18. The van der Waals surface area contributed by atoms with Crippen LogP contribution in [0.25, 0.3) is 6.08 Å². The number of carbonyl (C=O) groups excluding carboxylic acids is 3. The number of hydrogen-bond acceptors (Lipinski definition) is 8. The van der Waals surface area contributed by atoms with Crippen molar-refractivity contribution in [2.75, 3.05) is 6.54 Å². The zero-order valence-electron chi connectivity index (χ0n) is 17.6. The van der Waals surface area contributed by atoms with Crippen LogP contribution in [-0.4, -0.2) is 43.1 Å². The molecule has 1 heterocycles. The first-order valence-electron chi connectivity index (χ1n) is 9.62. The van der Waals surface area contributed by atoms with Crippen molar-refractivity contribution < 1.29 is 31.7 Å². The number of hydrogen-bond donors (Lipinski definition) is 0. The van der Waals surface area contributed by atoms with Crippen LogP contribution in [0.4, 0.5) is 4.79 Å². The van der Waals surface area contributed by atoms with Crippen LogP contribution in [0.2, 0.25) is 0 Å². The number of carbonyl (C=O) groups is 3. The minimum atomic E-state index is -4.11. The first kappa shape index (κ1) is 23.6. The molecule has 0 unspecified atom stereocenters. The molecule has 0 bridgehead atoms. The summed E-state index contributed by atoms with van der Waals surface area (Å²) in [5, 5.41) is -0.618. The van der Waals surface area contributed by atoms with E-state index >= 15 is 0 Å². The monoisotopic (exact) mass is 475 g/mol. The molecule has 0 aromatic heterocycles. The van der Waals surface area contributed by atoms with E-state index in [1.54, 1.807) is 44.2 Å². The normalized spacial score (nSPS) is 15.5. The van der Waals surface area contributed by atoms with E-state index in [9.17, 15) is 22.8 Å². The number of para-hydroxylation sites is 1. The van der Waals surface area contributed by atoms with Crippen LogP contribution < -0.4 is 4.18 Å². The molecule has 10 heteroatoms. The number of thioether (sulfide) groups is 1. The average Bonchev–Trinajstić information content (AvgIpc) is 2.96. The third-order valence-corrected chi connectivity index (χ3v) is 6.40. The van der Waals surface area contributed by atoms with E-state index in [4.69, 9.17) is 8.92 Å². The van der Waals surface area contributed by atoms with Gasteiger partial charge in [0, 0.05) is 5.56 Å². The predicted molar refractivity (Wildman–Crippen MR) is 119 cm³/mol. The Morgan fingerprint density at radius 1 is 1.09 bits per heavy atom. The summed E-state index contributed by atoms with van der Waals surface area (Å²) in [6.45, 7) is 4.66. The SMILES string of the molecule is Cc1ccc(S(=O)(=O)Oc2ccccc2/C=C2\SC(=O)N(CC(=O)OC(C)C)C2=O)cc1. The number of aryl methyl sites for hydroxylation is 1. The Hall–Kier alpha value is -3.11. The lowest BCUT2D eigenvalue weighted by Gasteiger charge is -2.13. The maximum atomic E-state index is 12.7. The summed E-state index contributed by atoms with van der Waals surface area (Å²) in [6, 6.07) is 12.4. The highest BCUT2D eigenvalue weighted by Crippen LogP contribution is 2.34. The minimum Gasteiger partial charge on any atom is -0.462 e. The molecule has 1 aliphatic heterocycles. The lowest BCUT2D eigenvalue weighted by Crippen LogP contribution is -2.35. The summed E-state index contributed by atoms with van der Waals surface area (Å²) in [5.74, 6) is -1.37. The largest absolute Gasteiger partial charge is 0.462 e. The van der Waals surface area contributed by atoms with E-state index in [0.717, 1.165) is 10.5 Å². The first-order chi connectivity index (χ1) is 15.1. The van der Waals surface area contributed by atoms with Crippen LogP contribution in [0.15, 0.2) is 58.3 Å². The molecule has 0 aliphatic carbocycles. The van der Waals surface area contributed by atoms with Crippen molar-refractivity contribution in [1.29, 1.82) is 0 Å². The van der Waals surface area contributed by atoms with E-state index in [1.807, 2.05) is 6.92 Å². The second-order valence-corrected chi connectivity index (χ2v) is 9.73. The zero-order valence-corrected chi connectivity index (χ0v) is 19.2. The molecule has 0 radical (unpaired) electrons. The zero-order chi connectivity index (χ0) is 23.5. The smallest absolute Gasteiger partial charge is 0.339 e. The van der Waals surface area contributed by atoms with Gasteiger partial charge in [0.05, 0.1) is 11.0 Å². The lowest BCUT2D eigenvalue weighted by atomic mass is 10.2. The fourth-order valence-corrected chi connectivity index (χ4v) is 4.54. The van der Waals surface area contributed by atoms with E-state index in [-0.39, 0.29) is 21.7 Å². The van der Waals surface area contributed by atoms with Crippen LogP contribution >= 0.6 is 11.8 Å². The molecule has 2 amide bonds. The van der Waals surface area contributed by atoms with E-state index in [2.05, 4.69) is 0 Å². The fraction of sp³-hybridized carbons (Fsp3) is 0.227. The third kappa shape index (κ3) is 5.57. The minimum absolute atomic E-state index is 0.000841. The van der Waals surface area contributed by atoms with Gasteiger partial charge in [0.25, 0.3) is 11.1 Å². The Kier molecular flexibility index (Phi) is 7.05. The number of esters is 1. The molecule has 168 valence electrons. The summed E-state index contributed by atoms with van der Waals surface area (Å²) in [5.41, 5.74) is 1.19. The van der Waals surface area contributed by atoms with Gasteiger partial charge < -0.3 is 8.92 Å². The van der Waals surface area contributed by atoms with E-state index < -0.39 is 33.8 Å². The highest BCUT2D eigenvalue weighted by atomic mass is 32.2. The van der Waals surface area contributed by atoms with Gasteiger partial charge in [-0.15, -0.1) is 0 Å². The van der Waals surface area contributed by atoms with Crippen LogP contribution in [0.1, 0.15) is 25.0 Å². The standard InChI is InChI=1S/C22H21NO7S2/c1-14(2)29-20(24)13-23-21(25)19(31-22(23)26)12-16-6-4-5-7-18(16)30-32(27,28)17-10-8-15(3)9-11-17/h4-12,14H,13H2,1-3H3/b19-12-. The second kappa shape index (κ2) is 9.58. The number of benzene rings is 2. The van der Waals surface area contributed by atoms with Crippen molar-refractivity contribution >= 4 is 45.1 Å². The topological polar surface area (TPSA) is 107 Å². The molecule has 8 nitrogen and oxygen atoms in total. The van der Waals surface area contributed by atoms with Crippen LogP contribution in [-0.2, 0) is 24.4 Å². The van der Waals surface area contributed by atoms with Gasteiger partial charge in [-0.1, -0.05) is 35.9 Å². The molecule has 32 heavy (non-hydrogen) atoms. The molecule has 2 aromatic carbocycles. The summed E-state index contributed by atoms with van der Waals surface area (Å²) in [4.78, 5) is 37.5. The van der Waals surface area contributed by atoms with Gasteiger partial charge in [0.15, 0.2) is 0 Å². The van der Waals surface area contributed by atoms with Crippen molar-refractivity contribution in [2.45, 2.75) is 31.8 Å². The van der Waals surface area contributed by atoms with Gasteiger partial charge in [-0.2, -0.15) is 8.42 Å². The summed E-state index contributed by atoms with van der Waals surface area (Å²) >= 11 is 0.648. The molecule has 0 N–H and O–H groups in total. The van der Waals surface area contributed by atoms with Gasteiger partial charge in [-0.3, -0.25) is 19.3 Å². The molecular formula is C22H21NO7S2. The fourth-order valence-electron chi connectivity index (χ4n) is 2.75. The Morgan fingerprint density at radius 2 is 1.75 bits per heavy atom. The Bertz CT molecular complexity index is 1190. The lowest BCUT2D eigenvalue weighted by molar-refractivity contribution is -0.149. The van der Waals surface area contributed by atoms with Crippen molar-refractivity contribution in [2.24, 2.45) is 0 Å². The van der Waals surface area contributed by atoms with Crippen molar-refractivity contribution in [3.05, 3.63) is 64.6 Å². The van der Waals surface area contributed by atoms with Gasteiger partial charge in [0.1, 0.15) is 17.2 Å². The Morgan fingerprint density at radius 3 is 2.41 bits per heavy atom. The number of imide groups is 1. The summed E-state index contributed by atoms with van der Waals surface area (Å²) in [7, 11) is -4.11. The number of nitrogens with zero attached hydrogens (tertiary/aromatic N) is 1. The number of amides is 2. The van der Waals surface area contributed by atoms with E-state index in [1.165, 1.54) is 24.3 Å². The molecule has 0 spiro atoms. The van der Waals surface area contributed by atoms with Crippen molar-refractivity contribution in [1.82, 2.24) is 4.90 Å². The molecule has 3 rings (SSSR count). The Labute approximate surface area is 190 Å². The van der Waals surface area contributed by atoms with Crippen molar-refractivity contribution in [3.8, 4) is 5.75 Å². The molecule has 1 aliphatic rings. The number of ether oxygens (including phenoxy) is 1. The molecule has 1 saturated heterocycles. The first-order valence-corrected chi connectivity index (χ1v) is 11.8. The van der Waals surface area contributed by atoms with Crippen LogP contribution in [0.5, 0.6) is 5.75 Å². The summed E-state index contributed by atoms with van der Waals surface area (Å²) < 4.78 is 35.6. The maximum absolute atomic E-state index is 12.7.